The lowest BCUT2D eigenvalue weighted by Gasteiger charge is -2.05. The number of furan rings is 1. The van der Waals surface area contributed by atoms with E-state index in [9.17, 15) is 4.79 Å². The number of nitrogens with one attached hydrogen (secondary N) is 3. The molecule has 0 unspecified atom stereocenters. The predicted octanol–water partition coefficient (Wildman–Crippen LogP) is 6.30. The molecule has 3 aromatic heterocycles. The number of nitrogens with zero attached hydrogens (tertiary/aromatic N) is 3. The van der Waals surface area contributed by atoms with Crippen molar-refractivity contribution in [2.75, 3.05) is 22.5 Å². The maximum Gasteiger partial charge on any atom is 0.325 e. The van der Waals surface area contributed by atoms with Crippen molar-refractivity contribution in [2.45, 2.75) is 6.42 Å². The zero-order chi connectivity index (χ0) is 23.3. The summed E-state index contributed by atoms with van der Waals surface area (Å²) in [6.07, 6.45) is 3.88. The number of hydrogen-bond donors (Lipinski definition) is 3. The zero-order valence-corrected chi connectivity index (χ0v) is 19.4. The van der Waals surface area contributed by atoms with Crippen LogP contribution in [-0.2, 0) is 6.42 Å². The maximum atomic E-state index is 12.1. The summed E-state index contributed by atoms with van der Waals surface area (Å²) in [5, 5.41) is 10.5. The highest BCUT2D eigenvalue weighted by Crippen LogP contribution is 2.39. The van der Waals surface area contributed by atoms with E-state index >= 15 is 0 Å². The highest BCUT2D eigenvalue weighted by atomic mass is 35.5. The molecule has 0 aliphatic heterocycles. The Morgan fingerprint density at radius 1 is 0.971 bits per heavy atom. The van der Waals surface area contributed by atoms with Gasteiger partial charge in [0.2, 0.25) is 5.71 Å². The van der Waals surface area contributed by atoms with Gasteiger partial charge in [-0.1, -0.05) is 60.1 Å². The van der Waals surface area contributed by atoms with Crippen LogP contribution in [-0.4, -0.2) is 27.5 Å². The number of para-hydroxylation sites is 1. The number of amides is 2. The molecule has 170 valence electrons. The van der Waals surface area contributed by atoms with Gasteiger partial charge in [0, 0.05) is 35.3 Å². The molecule has 5 aromatic rings. The molecular weight excluding hydrogens is 472 g/mol. The van der Waals surface area contributed by atoms with Gasteiger partial charge in [-0.15, -0.1) is 11.3 Å². The standard InChI is InChI=1S/C24H19ClN6O2S/c25-19-18-21(28-14-29-22(18)33-20(19)15-7-3-1-4-8-15)26-12-11-17-13-27-24(34-17)31-23(32)30-16-9-5-2-6-10-16/h1-10,13-14H,11-12H2,(H,26,28,29)(H2,27,30,31,32). The van der Waals surface area contributed by atoms with Crippen molar-refractivity contribution in [3.8, 4) is 11.3 Å². The summed E-state index contributed by atoms with van der Waals surface area (Å²) in [5.74, 6) is 1.17. The Morgan fingerprint density at radius 2 is 1.74 bits per heavy atom. The molecule has 10 heteroatoms. The van der Waals surface area contributed by atoms with Crippen molar-refractivity contribution in [1.29, 1.82) is 0 Å². The van der Waals surface area contributed by atoms with E-state index in [4.69, 9.17) is 16.0 Å². The quantitative estimate of drug-likeness (QED) is 0.247. The fraction of sp³-hybridized carbons (Fsp3) is 0.0833. The molecule has 0 bridgehead atoms. The second-order valence-corrected chi connectivity index (χ2v) is 8.76. The van der Waals surface area contributed by atoms with Gasteiger partial charge in [-0.25, -0.2) is 19.7 Å². The molecule has 0 atom stereocenters. The minimum atomic E-state index is -0.336. The number of anilines is 3. The Balaban J connectivity index is 1.22. The van der Waals surface area contributed by atoms with Crippen molar-refractivity contribution in [3.05, 3.63) is 83.1 Å². The van der Waals surface area contributed by atoms with Crippen molar-refractivity contribution in [2.24, 2.45) is 0 Å². The van der Waals surface area contributed by atoms with E-state index in [1.54, 1.807) is 6.20 Å². The van der Waals surface area contributed by atoms with E-state index < -0.39 is 0 Å². The number of hydrogen-bond acceptors (Lipinski definition) is 7. The second-order valence-electron chi connectivity index (χ2n) is 7.27. The molecule has 0 aliphatic carbocycles. The van der Waals surface area contributed by atoms with Crippen LogP contribution in [0.2, 0.25) is 5.02 Å². The van der Waals surface area contributed by atoms with Crippen LogP contribution in [0.3, 0.4) is 0 Å². The van der Waals surface area contributed by atoms with Crippen molar-refractivity contribution in [3.63, 3.8) is 0 Å². The topological polar surface area (TPSA) is 105 Å². The van der Waals surface area contributed by atoms with Gasteiger partial charge >= 0.3 is 6.03 Å². The zero-order valence-electron chi connectivity index (χ0n) is 17.8. The van der Waals surface area contributed by atoms with E-state index in [-0.39, 0.29) is 6.03 Å². The van der Waals surface area contributed by atoms with Gasteiger partial charge in [-0.3, -0.25) is 5.32 Å². The van der Waals surface area contributed by atoms with Crippen LogP contribution in [0.15, 0.2) is 77.6 Å². The van der Waals surface area contributed by atoms with E-state index in [1.165, 1.54) is 17.7 Å². The molecule has 8 nitrogen and oxygen atoms in total. The lowest BCUT2D eigenvalue weighted by molar-refractivity contribution is 0.262. The summed E-state index contributed by atoms with van der Waals surface area (Å²) < 4.78 is 5.90. The molecule has 0 fully saturated rings. The SMILES string of the molecule is O=C(Nc1ccccc1)Nc1ncc(CCNc2ncnc3oc(-c4ccccc4)c(Cl)c23)s1. The number of carbonyl (C=O) groups excluding carboxylic acids is 1. The molecule has 0 radical (unpaired) electrons. The Bertz CT molecular complexity index is 1420. The number of halogens is 1. The number of urea groups is 1. The summed E-state index contributed by atoms with van der Waals surface area (Å²) in [6.45, 7) is 0.589. The van der Waals surface area contributed by atoms with E-state index in [2.05, 4.69) is 30.9 Å². The van der Waals surface area contributed by atoms with Crippen LogP contribution in [0.5, 0.6) is 0 Å². The molecule has 2 amide bonds. The van der Waals surface area contributed by atoms with Gasteiger partial charge in [-0.05, 0) is 12.1 Å². The first-order valence-corrected chi connectivity index (χ1v) is 11.7. The Hall–Kier alpha value is -3.95. The van der Waals surface area contributed by atoms with E-state index in [1.807, 2.05) is 60.7 Å². The monoisotopic (exact) mass is 490 g/mol. The first-order chi connectivity index (χ1) is 16.7. The number of rotatable bonds is 7. The van der Waals surface area contributed by atoms with Crippen LogP contribution in [0.1, 0.15) is 4.88 Å². The van der Waals surface area contributed by atoms with Crippen LogP contribution < -0.4 is 16.0 Å². The minimum absolute atomic E-state index is 0.336. The van der Waals surface area contributed by atoms with Crippen LogP contribution in [0, 0.1) is 0 Å². The Labute approximate surface area is 204 Å². The molecule has 0 saturated carbocycles. The predicted molar refractivity (Wildman–Crippen MR) is 136 cm³/mol. The Morgan fingerprint density at radius 3 is 2.53 bits per heavy atom. The number of thiazole rings is 1. The van der Waals surface area contributed by atoms with Gasteiger partial charge in [-0.2, -0.15) is 0 Å². The number of benzene rings is 2. The molecule has 3 N–H and O–H groups in total. The second kappa shape index (κ2) is 9.90. The molecule has 2 aromatic carbocycles. The molecular formula is C24H19ClN6O2S. The van der Waals surface area contributed by atoms with Gasteiger partial charge in [0.15, 0.2) is 10.9 Å². The lowest BCUT2D eigenvalue weighted by Crippen LogP contribution is -2.19. The third-order valence-corrected chi connectivity index (χ3v) is 6.27. The highest BCUT2D eigenvalue weighted by Gasteiger charge is 2.19. The average molecular weight is 491 g/mol. The van der Waals surface area contributed by atoms with Gasteiger partial charge in [0.1, 0.15) is 22.6 Å². The summed E-state index contributed by atoms with van der Waals surface area (Å²) >= 11 is 8.05. The fourth-order valence-corrected chi connectivity index (χ4v) is 4.50. The maximum absolute atomic E-state index is 12.1. The summed E-state index contributed by atoms with van der Waals surface area (Å²) in [6, 6.07) is 18.5. The van der Waals surface area contributed by atoms with E-state index in [0.29, 0.717) is 51.5 Å². The third kappa shape index (κ3) is 4.85. The average Bonchev–Trinajstić information content (AvgIpc) is 3.44. The molecule has 0 saturated heterocycles. The highest BCUT2D eigenvalue weighted by molar-refractivity contribution is 7.15. The normalized spacial score (nSPS) is 10.9. The summed E-state index contributed by atoms with van der Waals surface area (Å²) in [7, 11) is 0. The molecule has 34 heavy (non-hydrogen) atoms. The largest absolute Gasteiger partial charge is 0.436 e. The molecule has 3 heterocycles. The smallest absolute Gasteiger partial charge is 0.325 e. The van der Waals surface area contributed by atoms with Gasteiger partial charge in [0.05, 0.1) is 0 Å². The van der Waals surface area contributed by atoms with Crippen molar-refractivity contribution in [1.82, 2.24) is 15.0 Å². The summed E-state index contributed by atoms with van der Waals surface area (Å²) in [4.78, 5) is 26.0. The lowest BCUT2D eigenvalue weighted by atomic mass is 10.1. The number of carbonyl (C=O) groups is 1. The first kappa shape index (κ1) is 21.9. The minimum Gasteiger partial charge on any atom is -0.436 e. The van der Waals surface area contributed by atoms with Crippen molar-refractivity contribution < 1.29 is 9.21 Å². The molecule has 5 rings (SSSR count). The summed E-state index contributed by atoms with van der Waals surface area (Å²) in [5.41, 5.74) is 2.01. The molecule has 0 aliphatic rings. The van der Waals surface area contributed by atoms with E-state index in [0.717, 1.165) is 10.4 Å². The van der Waals surface area contributed by atoms with Crippen LogP contribution in [0.4, 0.5) is 21.4 Å². The number of aromatic nitrogens is 3. The number of fused-ring (bicyclic) bond motifs is 1. The van der Waals surface area contributed by atoms with Crippen LogP contribution >= 0.6 is 22.9 Å². The first-order valence-electron chi connectivity index (χ1n) is 10.5. The third-order valence-electron chi connectivity index (χ3n) is 4.94. The van der Waals surface area contributed by atoms with Crippen LogP contribution in [0.25, 0.3) is 22.4 Å². The van der Waals surface area contributed by atoms with Gasteiger partial charge in [0.25, 0.3) is 0 Å². The molecule has 0 spiro atoms. The van der Waals surface area contributed by atoms with Gasteiger partial charge < -0.3 is 15.1 Å². The fourth-order valence-electron chi connectivity index (χ4n) is 3.37. The Kier molecular flexibility index (Phi) is 6.37. The van der Waals surface area contributed by atoms with Crippen molar-refractivity contribution >= 4 is 56.7 Å².